The van der Waals surface area contributed by atoms with E-state index in [0.717, 1.165) is 12.1 Å². The van der Waals surface area contributed by atoms with E-state index >= 15 is 0 Å². The Balaban J connectivity index is 2.11. The minimum Gasteiger partial charge on any atom is -0.258 e. The molecule has 0 saturated carbocycles. The van der Waals surface area contributed by atoms with Crippen LogP contribution in [-0.4, -0.2) is 13.3 Å². The number of hydrogen-bond acceptors (Lipinski definition) is 5. The Morgan fingerprint density at radius 1 is 1.25 bits per heavy atom. The fourth-order valence-electron chi connectivity index (χ4n) is 2.00. The van der Waals surface area contributed by atoms with Gasteiger partial charge in [-0.15, -0.1) is 0 Å². The number of nitriles is 1. The number of nitro groups is 1. The largest absolute Gasteiger partial charge is 0.269 e. The fraction of sp³-hybridized carbons (Fsp3) is 0.133. The molecule has 0 spiro atoms. The number of nitro benzene ring substituents is 1. The minimum atomic E-state index is -3.83. The number of benzene rings is 2. The van der Waals surface area contributed by atoms with E-state index in [9.17, 15) is 22.9 Å². The Kier molecular flexibility index (Phi) is 5.23. The summed E-state index contributed by atoms with van der Waals surface area (Å²) >= 11 is 0. The van der Waals surface area contributed by atoms with Crippen molar-refractivity contribution < 1.29 is 17.7 Å². The summed E-state index contributed by atoms with van der Waals surface area (Å²) in [6, 6.07) is 10.7. The molecule has 0 saturated heterocycles. The maximum atomic E-state index is 13.6. The summed E-state index contributed by atoms with van der Waals surface area (Å²) in [5.41, 5.74) is 0.277. The van der Waals surface area contributed by atoms with Crippen LogP contribution >= 0.6 is 0 Å². The molecule has 0 bridgehead atoms. The van der Waals surface area contributed by atoms with Gasteiger partial charge in [-0.3, -0.25) is 10.1 Å². The SMILES string of the molecule is N#Cc1ccc(F)c(CNS(=O)(=O)Cc2cccc([N+](=O)[O-])c2)c1. The predicted molar refractivity (Wildman–Crippen MR) is 83.7 cm³/mol. The highest BCUT2D eigenvalue weighted by Gasteiger charge is 2.15. The fourth-order valence-corrected chi connectivity index (χ4v) is 3.09. The van der Waals surface area contributed by atoms with E-state index in [0.29, 0.717) is 0 Å². The lowest BCUT2D eigenvalue weighted by molar-refractivity contribution is -0.384. The zero-order chi connectivity index (χ0) is 17.7. The molecule has 1 N–H and O–H groups in total. The maximum absolute atomic E-state index is 13.6. The zero-order valence-corrected chi connectivity index (χ0v) is 13.1. The summed E-state index contributed by atoms with van der Waals surface area (Å²) in [4.78, 5) is 10.1. The second-order valence-electron chi connectivity index (χ2n) is 4.93. The van der Waals surface area contributed by atoms with Crippen molar-refractivity contribution in [1.82, 2.24) is 4.72 Å². The van der Waals surface area contributed by atoms with Crippen molar-refractivity contribution in [3.8, 4) is 6.07 Å². The number of rotatable bonds is 6. The standard InChI is InChI=1S/C15H12FN3O4S/c16-15-5-4-11(8-17)6-13(15)9-18-24(22,23)10-12-2-1-3-14(7-12)19(20)21/h1-7,18H,9-10H2. The Hall–Kier alpha value is -2.83. The first-order chi connectivity index (χ1) is 11.3. The average Bonchev–Trinajstić information content (AvgIpc) is 2.54. The number of non-ortho nitro benzene ring substituents is 1. The van der Waals surface area contributed by atoms with Crippen LogP contribution < -0.4 is 4.72 Å². The summed E-state index contributed by atoms with van der Waals surface area (Å²) in [5, 5.41) is 19.5. The molecule has 0 aliphatic rings. The van der Waals surface area contributed by atoms with Gasteiger partial charge in [-0.05, 0) is 23.8 Å². The lowest BCUT2D eigenvalue weighted by atomic mass is 10.1. The molecular formula is C15H12FN3O4S. The van der Waals surface area contributed by atoms with Gasteiger partial charge < -0.3 is 0 Å². The van der Waals surface area contributed by atoms with Gasteiger partial charge in [-0.2, -0.15) is 5.26 Å². The van der Waals surface area contributed by atoms with Crippen LogP contribution in [0, 0.1) is 27.3 Å². The lowest BCUT2D eigenvalue weighted by Crippen LogP contribution is -2.25. The van der Waals surface area contributed by atoms with Gasteiger partial charge in [-0.25, -0.2) is 17.5 Å². The summed E-state index contributed by atoms with van der Waals surface area (Å²) in [6.07, 6.45) is 0. The second-order valence-corrected chi connectivity index (χ2v) is 6.73. The molecule has 0 radical (unpaired) electrons. The van der Waals surface area contributed by atoms with E-state index in [2.05, 4.69) is 4.72 Å². The van der Waals surface area contributed by atoms with Crippen LogP contribution in [0.4, 0.5) is 10.1 Å². The molecular weight excluding hydrogens is 337 g/mol. The van der Waals surface area contributed by atoms with Gasteiger partial charge in [-0.1, -0.05) is 12.1 Å². The number of sulfonamides is 1. The topological polar surface area (TPSA) is 113 Å². The van der Waals surface area contributed by atoms with E-state index in [1.165, 1.54) is 30.3 Å². The molecule has 2 aromatic rings. The maximum Gasteiger partial charge on any atom is 0.269 e. The highest BCUT2D eigenvalue weighted by Crippen LogP contribution is 2.15. The van der Waals surface area contributed by atoms with Crippen LogP contribution in [0.15, 0.2) is 42.5 Å². The molecule has 24 heavy (non-hydrogen) atoms. The Bertz CT molecular complexity index is 923. The van der Waals surface area contributed by atoms with Crippen molar-refractivity contribution in [2.24, 2.45) is 0 Å². The molecule has 9 heteroatoms. The first-order valence-corrected chi connectivity index (χ1v) is 8.35. The Morgan fingerprint density at radius 3 is 2.67 bits per heavy atom. The van der Waals surface area contributed by atoms with E-state index in [4.69, 9.17) is 5.26 Å². The van der Waals surface area contributed by atoms with E-state index in [1.54, 1.807) is 0 Å². The van der Waals surface area contributed by atoms with Gasteiger partial charge in [0.05, 0.1) is 22.3 Å². The van der Waals surface area contributed by atoms with E-state index in [-0.39, 0.29) is 28.9 Å². The highest BCUT2D eigenvalue weighted by molar-refractivity contribution is 7.88. The normalized spacial score (nSPS) is 11.0. The van der Waals surface area contributed by atoms with Crippen molar-refractivity contribution in [2.75, 3.05) is 0 Å². The summed E-state index contributed by atoms with van der Waals surface area (Å²) in [5.74, 6) is -1.11. The van der Waals surface area contributed by atoms with E-state index < -0.39 is 26.5 Å². The van der Waals surface area contributed by atoms with Crippen molar-refractivity contribution in [3.05, 3.63) is 75.1 Å². The molecule has 7 nitrogen and oxygen atoms in total. The van der Waals surface area contributed by atoms with Crippen LogP contribution in [0.25, 0.3) is 0 Å². The predicted octanol–water partition coefficient (Wildman–Crippen LogP) is 2.23. The second kappa shape index (κ2) is 7.16. The third-order valence-electron chi connectivity index (χ3n) is 3.14. The van der Waals surface area contributed by atoms with Gasteiger partial charge in [0.1, 0.15) is 5.82 Å². The Labute approximate surface area is 137 Å². The minimum absolute atomic E-state index is 0.0386. The van der Waals surface area contributed by atoms with Crippen molar-refractivity contribution in [2.45, 2.75) is 12.3 Å². The summed E-state index contributed by atoms with van der Waals surface area (Å²) in [6.45, 7) is -0.321. The molecule has 0 amide bonds. The van der Waals surface area contributed by atoms with Gasteiger partial charge in [0.15, 0.2) is 0 Å². The molecule has 124 valence electrons. The van der Waals surface area contributed by atoms with Gasteiger partial charge in [0.2, 0.25) is 10.0 Å². The number of nitrogens with zero attached hydrogens (tertiary/aromatic N) is 2. The molecule has 0 heterocycles. The monoisotopic (exact) mass is 349 g/mol. The molecule has 0 aliphatic heterocycles. The smallest absolute Gasteiger partial charge is 0.258 e. The van der Waals surface area contributed by atoms with Crippen molar-refractivity contribution >= 4 is 15.7 Å². The number of hydrogen-bond donors (Lipinski definition) is 1. The summed E-state index contributed by atoms with van der Waals surface area (Å²) < 4.78 is 40.0. The molecule has 0 fully saturated rings. The third-order valence-corrected chi connectivity index (χ3v) is 4.43. The van der Waals surface area contributed by atoms with Crippen LogP contribution in [-0.2, 0) is 22.3 Å². The van der Waals surface area contributed by atoms with E-state index in [1.807, 2.05) is 6.07 Å². The first kappa shape index (κ1) is 17.5. The lowest BCUT2D eigenvalue weighted by Gasteiger charge is -2.08. The molecule has 0 atom stereocenters. The number of halogens is 1. The van der Waals surface area contributed by atoms with Gasteiger partial charge >= 0.3 is 0 Å². The van der Waals surface area contributed by atoms with Gasteiger partial charge in [0, 0.05) is 24.2 Å². The van der Waals surface area contributed by atoms with Gasteiger partial charge in [0.25, 0.3) is 5.69 Å². The van der Waals surface area contributed by atoms with Crippen molar-refractivity contribution in [1.29, 1.82) is 5.26 Å². The Morgan fingerprint density at radius 2 is 2.00 bits per heavy atom. The summed E-state index contributed by atoms with van der Waals surface area (Å²) in [7, 11) is -3.83. The van der Waals surface area contributed by atoms with Crippen LogP contribution in [0.1, 0.15) is 16.7 Å². The van der Waals surface area contributed by atoms with Crippen LogP contribution in [0.5, 0.6) is 0 Å². The zero-order valence-electron chi connectivity index (χ0n) is 12.3. The quantitative estimate of drug-likeness (QED) is 0.634. The molecule has 0 aliphatic carbocycles. The average molecular weight is 349 g/mol. The van der Waals surface area contributed by atoms with Crippen molar-refractivity contribution in [3.63, 3.8) is 0 Å². The third kappa shape index (κ3) is 4.58. The highest BCUT2D eigenvalue weighted by atomic mass is 32.2. The van der Waals surface area contributed by atoms with Crippen LogP contribution in [0.2, 0.25) is 0 Å². The molecule has 2 rings (SSSR count). The number of nitrogens with one attached hydrogen (secondary N) is 1. The van der Waals surface area contributed by atoms with Crippen LogP contribution in [0.3, 0.4) is 0 Å². The molecule has 0 unspecified atom stereocenters. The molecule has 2 aromatic carbocycles. The first-order valence-electron chi connectivity index (χ1n) is 6.70. The molecule has 0 aromatic heterocycles.